The van der Waals surface area contributed by atoms with Crippen LogP contribution in [0.4, 0.5) is 0 Å². The summed E-state index contributed by atoms with van der Waals surface area (Å²) >= 11 is 0. The summed E-state index contributed by atoms with van der Waals surface area (Å²) in [6.07, 6.45) is 18.9. The lowest BCUT2D eigenvalue weighted by molar-refractivity contribution is -0.187. The molecule has 0 aliphatic carbocycles. The quantitative estimate of drug-likeness (QED) is 0.0280. The van der Waals surface area contributed by atoms with Crippen LogP contribution in [0.25, 0.3) is 0 Å². The minimum Gasteiger partial charge on any atom is -0.354 e. The maximum atomic E-state index is 6.51. The van der Waals surface area contributed by atoms with Gasteiger partial charge >= 0.3 is 0 Å². The summed E-state index contributed by atoms with van der Waals surface area (Å²) in [6, 6.07) is 2.63. The van der Waals surface area contributed by atoms with Crippen molar-refractivity contribution < 1.29 is 18.9 Å². The van der Waals surface area contributed by atoms with Crippen molar-refractivity contribution in [2.24, 2.45) is 0 Å². The first-order valence-corrected chi connectivity index (χ1v) is 26.3. The van der Waals surface area contributed by atoms with E-state index in [2.05, 4.69) is 41.5 Å². The molecule has 0 saturated heterocycles. The molecule has 0 aromatic rings. The predicted octanol–water partition coefficient (Wildman–Crippen LogP) is 10.6. The lowest BCUT2D eigenvalue weighted by atomic mass is 10.2. The zero-order chi connectivity index (χ0) is 31.0. The lowest BCUT2D eigenvalue weighted by Crippen LogP contribution is -2.43. The third-order valence-corrected chi connectivity index (χ3v) is 19.3. The topological polar surface area (TPSA) is 36.9 Å². The third kappa shape index (κ3) is 24.8. The molecule has 0 aromatic heterocycles. The number of ether oxygens (including phenoxy) is 4. The summed E-state index contributed by atoms with van der Waals surface area (Å²) in [6.45, 7) is 17.0. The van der Waals surface area contributed by atoms with E-state index in [-0.39, 0.29) is 10.8 Å². The highest BCUT2D eigenvalue weighted by Crippen LogP contribution is 2.43. The van der Waals surface area contributed by atoms with Crippen LogP contribution >= 0.6 is 41.2 Å². The highest BCUT2D eigenvalue weighted by molar-refractivity contribution is 9.26. The van der Waals surface area contributed by atoms with Crippen LogP contribution in [0.15, 0.2) is 0 Å². The second-order valence-electron chi connectivity index (χ2n) is 11.5. The Morgan fingerprint density at radius 3 is 1.05 bits per heavy atom. The van der Waals surface area contributed by atoms with Crippen LogP contribution in [0.2, 0.25) is 12.1 Å². The summed E-state index contributed by atoms with van der Waals surface area (Å²) < 4.78 is 26.0. The monoisotopic (exact) mass is 702 g/mol. The Labute approximate surface area is 282 Å². The first kappa shape index (κ1) is 43.7. The predicted molar refractivity (Wildman–Crippen MR) is 204 cm³/mol. The van der Waals surface area contributed by atoms with Crippen molar-refractivity contribution in [2.45, 2.75) is 167 Å². The molecular formula is C32H70O4S4Si2. The fourth-order valence-corrected chi connectivity index (χ4v) is 14.8. The molecule has 0 aliphatic rings. The van der Waals surface area contributed by atoms with E-state index in [4.69, 9.17) is 18.9 Å². The molecule has 0 spiro atoms. The Hall–Kier alpha value is 1.67. The summed E-state index contributed by atoms with van der Waals surface area (Å²) in [4.78, 5) is 0. The molecule has 0 heterocycles. The molecule has 0 bridgehead atoms. The Bertz CT molecular complexity index is 487. The summed E-state index contributed by atoms with van der Waals surface area (Å²) in [5.41, 5.74) is -0.442. The van der Waals surface area contributed by atoms with Gasteiger partial charge < -0.3 is 18.9 Å². The van der Waals surface area contributed by atoms with Crippen LogP contribution in [-0.2, 0) is 18.9 Å². The van der Waals surface area contributed by atoms with Gasteiger partial charge in [-0.1, -0.05) is 114 Å². The Morgan fingerprint density at radius 2 is 0.762 bits per heavy atom. The zero-order valence-corrected chi connectivity index (χ0v) is 34.7. The SMILES string of the molecule is CCCCOC(CCCCSSSSCCCCC(OCCCC)(OCCCC)[SiH2]CCC)(OCCCC)[SiH2]CCC. The molecule has 0 N–H and O–H groups in total. The molecule has 0 aromatic carbocycles. The van der Waals surface area contributed by atoms with Crippen LogP contribution in [0.1, 0.15) is 144 Å². The smallest absolute Gasteiger partial charge is 0.144 e. The van der Waals surface area contributed by atoms with Crippen molar-refractivity contribution in [2.75, 3.05) is 37.9 Å². The lowest BCUT2D eigenvalue weighted by Gasteiger charge is -2.34. The molecule has 0 radical (unpaired) electrons. The Kier molecular flexibility index (Phi) is 33.9. The zero-order valence-electron chi connectivity index (χ0n) is 28.7. The highest BCUT2D eigenvalue weighted by atomic mass is 33.7. The van der Waals surface area contributed by atoms with Crippen molar-refractivity contribution in [1.29, 1.82) is 0 Å². The molecule has 0 rings (SSSR count). The normalized spacial score (nSPS) is 13.0. The molecule has 10 heteroatoms. The van der Waals surface area contributed by atoms with Crippen LogP contribution < -0.4 is 0 Å². The summed E-state index contributed by atoms with van der Waals surface area (Å²) in [5.74, 6) is 2.42. The molecule has 0 atom stereocenters. The fourth-order valence-electron chi connectivity index (χ4n) is 4.63. The van der Waals surface area contributed by atoms with E-state index in [1.54, 1.807) is 0 Å². The van der Waals surface area contributed by atoms with E-state index in [0.717, 1.165) is 65.0 Å². The first-order valence-electron chi connectivity index (χ1n) is 17.7. The molecule has 4 nitrogen and oxygen atoms in total. The number of hydrogen-bond acceptors (Lipinski definition) is 8. The summed E-state index contributed by atoms with van der Waals surface area (Å²) in [5, 5.41) is 0. The Morgan fingerprint density at radius 1 is 0.429 bits per heavy atom. The van der Waals surface area contributed by atoms with Gasteiger partial charge in [0.05, 0.1) is 19.0 Å². The average Bonchev–Trinajstić information content (AvgIpc) is 3.00. The molecule has 42 heavy (non-hydrogen) atoms. The molecular weight excluding hydrogens is 633 g/mol. The summed E-state index contributed by atoms with van der Waals surface area (Å²) in [7, 11) is 7.16. The first-order chi connectivity index (χ1) is 20.6. The number of rotatable bonds is 35. The van der Waals surface area contributed by atoms with E-state index in [1.165, 1.54) is 87.8 Å². The van der Waals surface area contributed by atoms with Gasteiger partial charge in [-0.25, -0.2) is 0 Å². The highest BCUT2D eigenvalue weighted by Gasteiger charge is 2.32. The maximum Gasteiger partial charge on any atom is 0.144 e. The maximum absolute atomic E-state index is 6.51. The standard InChI is InChI=1S/C32H70O4S4Si2/c1-7-13-23-33-31(41-29-11-5,34-24-14-8-2)21-17-19-27-37-39-40-38-28-20-18-22-32(42-30-12-6,35-25-15-9-3)36-26-16-10-4/h7-30,41-42H2,1-6H3. The van der Waals surface area contributed by atoms with E-state index in [9.17, 15) is 0 Å². The van der Waals surface area contributed by atoms with Gasteiger partial charge in [-0.15, -0.1) is 0 Å². The van der Waals surface area contributed by atoms with Gasteiger partial charge in [0.25, 0.3) is 0 Å². The average molecular weight is 703 g/mol. The van der Waals surface area contributed by atoms with Crippen molar-refractivity contribution in [3.05, 3.63) is 0 Å². The molecule has 0 fully saturated rings. The van der Waals surface area contributed by atoms with Gasteiger partial charge in [0, 0.05) is 37.9 Å². The molecule has 0 aliphatic heterocycles. The molecule has 0 unspecified atom stereocenters. The fraction of sp³-hybridized carbons (Fsp3) is 1.00. The minimum absolute atomic E-state index is 0.221. The van der Waals surface area contributed by atoms with Gasteiger partial charge in [0.2, 0.25) is 0 Å². The molecule has 0 amide bonds. The molecule has 254 valence electrons. The number of unbranched alkanes of at least 4 members (excludes halogenated alkanes) is 6. The van der Waals surface area contributed by atoms with Crippen LogP contribution in [0.3, 0.4) is 0 Å². The van der Waals surface area contributed by atoms with Gasteiger partial charge in [0.15, 0.2) is 0 Å². The number of hydrogen-bond donors (Lipinski definition) is 0. The van der Waals surface area contributed by atoms with Crippen LogP contribution in [0, 0.1) is 0 Å². The van der Waals surface area contributed by atoms with Gasteiger partial charge in [-0.05, 0) is 83.9 Å². The van der Waals surface area contributed by atoms with Crippen molar-refractivity contribution in [1.82, 2.24) is 0 Å². The van der Waals surface area contributed by atoms with Gasteiger partial charge in [0.1, 0.15) is 10.8 Å². The third-order valence-electron chi connectivity index (χ3n) is 7.47. The van der Waals surface area contributed by atoms with E-state index >= 15 is 0 Å². The van der Waals surface area contributed by atoms with Crippen molar-refractivity contribution in [3.8, 4) is 0 Å². The van der Waals surface area contributed by atoms with Crippen LogP contribution in [0.5, 0.6) is 0 Å². The van der Waals surface area contributed by atoms with E-state index < -0.39 is 19.0 Å². The van der Waals surface area contributed by atoms with Crippen LogP contribution in [-0.4, -0.2) is 67.8 Å². The van der Waals surface area contributed by atoms with Gasteiger partial charge in [-0.3, -0.25) is 0 Å². The second-order valence-corrected chi connectivity index (χ2v) is 22.3. The Balaban J connectivity index is 4.32. The second kappa shape index (κ2) is 32.6. The van der Waals surface area contributed by atoms with Crippen molar-refractivity contribution >= 4 is 60.3 Å². The minimum atomic E-state index is -0.398. The largest absolute Gasteiger partial charge is 0.354 e. The molecule has 0 saturated carbocycles. The van der Waals surface area contributed by atoms with E-state index in [1.807, 2.05) is 41.2 Å². The van der Waals surface area contributed by atoms with E-state index in [0.29, 0.717) is 0 Å². The van der Waals surface area contributed by atoms with Crippen molar-refractivity contribution in [3.63, 3.8) is 0 Å². The van der Waals surface area contributed by atoms with Gasteiger partial charge in [-0.2, -0.15) is 0 Å².